The van der Waals surface area contributed by atoms with E-state index in [0.29, 0.717) is 5.75 Å². The number of phenols is 1. The maximum Gasteiger partial charge on any atom is 0.120 e. The summed E-state index contributed by atoms with van der Waals surface area (Å²) >= 11 is 0. The summed E-state index contributed by atoms with van der Waals surface area (Å²) in [5.74, 6) is 0.362. The molecule has 1 aliphatic carbocycles. The van der Waals surface area contributed by atoms with Crippen molar-refractivity contribution in [3.63, 3.8) is 0 Å². The van der Waals surface area contributed by atoms with E-state index in [0.717, 1.165) is 18.4 Å². The van der Waals surface area contributed by atoms with E-state index in [1.807, 2.05) is 6.07 Å². The number of hydrogen-bond acceptors (Lipinski definition) is 2. The molecule has 1 aromatic carbocycles. The van der Waals surface area contributed by atoms with Crippen LogP contribution in [-0.4, -0.2) is 5.11 Å². The Morgan fingerprint density at radius 3 is 2.77 bits per heavy atom. The molecule has 0 saturated heterocycles. The third-order valence-corrected chi connectivity index (χ3v) is 2.64. The summed E-state index contributed by atoms with van der Waals surface area (Å²) < 4.78 is 0. The van der Waals surface area contributed by atoms with E-state index in [2.05, 4.69) is 6.92 Å². The van der Waals surface area contributed by atoms with Crippen LogP contribution in [0.5, 0.6) is 5.75 Å². The molecular weight excluding hydrogens is 186 g/mol. The first-order valence-corrected chi connectivity index (χ1v) is 4.27. The van der Waals surface area contributed by atoms with Crippen LogP contribution in [0, 0.1) is 6.92 Å². The van der Waals surface area contributed by atoms with Gasteiger partial charge in [-0.3, -0.25) is 0 Å². The molecule has 1 aromatic rings. The standard InChI is InChI=1S/C10H13NO.ClH/c1-6-2-5-9(12)10-7(6)3-4-8(10)11;/h2,5,8,12H,3-4,11H2,1H3;1H. The van der Waals surface area contributed by atoms with E-state index in [1.54, 1.807) is 6.07 Å². The van der Waals surface area contributed by atoms with E-state index >= 15 is 0 Å². The minimum atomic E-state index is 0. The lowest BCUT2D eigenvalue weighted by molar-refractivity contribution is 0.463. The highest BCUT2D eigenvalue weighted by Crippen LogP contribution is 2.37. The zero-order valence-corrected chi connectivity index (χ0v) is 8.40. The van der Waals surface area contributed by atoms with E-state index in [4.69, 9.17) is 5.73 Å². The maximum atomic E-state index is 9.55. The van der Waals surface area contributed by atoms with Crippen molar-refractivity contribution in [1.82, 2.24) is 0 Å². The molecule has 0 fully saturated rings. The molecule has 0 aromatic heterocycles. The molecule has 1 aliphatic rings. The van der Waals surface area contributed by atoms with E-state index in [1.165, 1.54) is 11.1 Å². The number of rotatable bonds is 0. The number of nitrogens with two attached hydrogens (primary N) is 1. The van der Waals surface area contributed by atoms with Gasteiger partial charge in [0.25, 0.3) is 0 Å². The maximum absolute atomic E-state index is 9.55. The van der Waals surface area contributed by atoms with Crippen LogP contribution >= 0.6 is 12.4 Å². The smallest absolute Gasteiger partial charge is 0.120 e. The van der Waals surface area contributed by atoms with Crippen molar-refractivity contribution in [2.24, 2.45) is 5.73 Å². The molecular formula is C10H14ClNO. The molecule has 2 nitrogen and oxygen atoms in total. The van der Waals surface area contributed by atoms with Gasteiger partial charge in [0.05, 0.1) is 0 Å². The van der Waals surface area contributed by atoms with Gasteiger partial charge >= 0.3 is 0 Å². The Hall–Kier alpha value is -0.730. The highest BCUT2D eigenvalue weighted by atomic mass is 35.5. The van der Waals surface area contributed by atoms with Gasteiger partial charge in [-0.25, -0.2) is 0 Å². The number of benzene rings is 1. The lowest BCUT2D eigenvalue weighted by Crippen LogP contribution is -2.05. The van der Waals surface area contributed by atoms with Crippen molar-refractivity contribution in [3.8, 4) is 5.75 Å². The Morgan fingerprint density at radius 1 is 1.46 bits per heavy atom. The second kappa shape index (κ2) is 3.56. The number of aryl methyl sites for hydroxylation is 1. The summed E-state index contributed by atoms with van der Waals surface area (Å²) in [6, 6.07) is 3.73. The molecule has 0 spiro atoms. The number of phenolic OH excluding ortho intramolecular Hbond substituents is 1. The molecule has 3 heteroatoms. The van der Waals surface area contributed by atoms with E-state index in [-0.39, 0.29) is 18.4 Å². The zero-order valence-electron chi connectivity index (χ0n) is 7.58. The fourth-order valence-corrected chi connectivity index (χ4v) is 1.95. The number of hydrogen-bond donors (Lipinski definition) is 2. The Bertz CT molecular complexity index is 325. The highest BCUT2D eigenvalue weighted by Gasteiger charge is 2.23. The number of halogens is 1. The van der Waals surface area contributed by atoms with Gasteiger partial charge < -0.3 is 10.8 Å². The summed E-state index contributed by atoms with van der Waals surface area (Å²) in [6.45, 7) is 2.07. The Kier molecular flexibility index (Phi) is 2.84. The van der Waals surface area contributed by atoms with Crippen molar-refractivity contribution in [2.45, 2.75) is 25.8 Å². The molecule has 13 heavy (non-hydrogen) atoms. The first kappa shape index (κ1) is 10.4. The molecule has 0 radical (unpaired) electrons. The summed E-state index contributed by atoms with van der Waals surface area (Å²) in [6.07, 6.45) is 1.98. The normalized spacial score (nSPS) is 19.4. The molecule has 0 bridgehead atoms. The zero-order chi connectivity index (χ0) is 8.72. The summed E-state index contributed by atoms with van der Waals surface area (Å²) in [4.78, 5) is 0. The molecule has 0 amide bonds. The van der Waals surface area contributed by atoms with Gasteiger partial charge in [-0.05, 0) is 37.0 Å². The molecule has 1 atom stereocenters. The monoisotopic (exact) mass is 199 g/mol. The second-order valence-corrected chi connectivity index (χ2v) is 3.44. The SMILES string of the molecule is Cc1ccc(O)c2c1CCC2N.Cl. The Balaban J connectivity index is 0.000000845. The fourth-order valence-electron chi connectivity index (χ4n) is 1.95. The molecule has 1 unspecified atom stereocenters. The number of fused-ring (bicyclic) bond motifs is 1. The average Bonchev–Trinajstić information content (AvgIpc) is 2.42. The van der Waals surface area contributed by atoms with Crippen LogP contribution in [-0.2, 0) is 6.42 Å². The van der Waals surface area contributed by atoms with E-state index in [9.17, 15) is 5.11 Å². The fraction of sp³-hybridized carbons (Fsp3) is 0.400. The predicted octanol–water partition coefficient (Wildman–Crippen LogP) is 2.07. The molecule has 2 rings (SSSR count). The second-order valence-electron chi connectivity index (χ2n) is 3.44. The van der Waals surface area contributed by atoms with Crippen LogP contribution in [0.3, 0.4) is 0 Å². The van der Waals surface area contributed by atoms with Crippen molar-refractivity contribution in [3.05, 3.63) is 28.8 Å². The average molecular weight is 200 g/mol. The Labute approximate surface area is 84.2 Å². The topological polar surface area (TPSA) is 46.2 Å². The third-order valence-electron chi connectivity index (χ3n) is 2.64. The third kappa shape index (κ3) is 1.52. The Morgan fingerprint density at radius 2 is 2.15 bits per heavy atom. The first-order valence-electron chi connectivity index (χ1n) is 4.27. The van der Waals surface area contributed by atoms with Gasteiger partial charge in [0.2, 0.25) is 0 Å². The minimum absolute atomic E-state index is 0. The highest BCUT2D eigenvalue weighted by molar-refractivity contribution is 5.85. The van der Waals surface area contributed by atoms with Crippen LogP contribution in [0.2, 0.25) is 0 Å². The van der Waals surface area contributed by atoms with Crippen LogP contribution in [0.25, 0.3) is 0 Å². The van der Waals surface area contributed by atoms with Crippen molar-refractivity contribution in [2.75, 3.05) is 0 Å². The number of aromatic hydroxyl groups is 1. The van der Waals surface area contributed by atoms with Gasteiger partial charge in [0, 0.05) is 11.6 Å². The van der Waals surface area contributed by atoms with Crippen LogP contribution in [0.1, 0.15) is 29.2 Å². The molecule has 0 heterocycles. The van der Waals surface area contributed by atoms with Crippen molar-refractivity contribution in [1.29, 1.82) is 0 Å². The van der Waals surface area contributed by atoms with Crippen molar-refractivity contribution >= 4 is 12.4 Å². The molecule has 0 saturated carbocycles. The van der Waals surface area contributed by atoms with Gasteiger partial charge in [0.1, 0.15) is 5.75 Å². The minimum Gasteiger partial charge on any atom is -0.508 e. The van der Waals surface area contributed by atoms with Crippen LogP contribution < -0.4 is 5.73 Å². The van der Waals surface area contributed by atoms with Crippen LogP contribution in [0.15, 0.2) is 12.1 Å². The predicted molar refractivity (Wildman–Crippen MR) is 55.3 cm³/mol. The van der Waals surface area contributed by atoms with E-state index < -0.39 is 0 Å². The largest absolute Gasteiger partial charge is 0.508 e. The summed E-state index contributed by atoms with van der Waals surface area (Å²) in [5, 5.41) is 9.55. The summed E-state index contributed by atoms with van der Waals surface area (Å²) in [5.41, 5.74) is 9.32. The summed E-state index contributed by atoms with van der Waals surface area (Å²) in [7, 11) is 0. The lowest BCUT2D eigenvalue weighted by Gasteiger charge is -2.08. The van der Waals surface area contributed by atoms with Crippen LogP contribution in [0.4, 0.5) is 0 Å². The molecule has 72 valence electrons. The van der Waals surface area contributed by atoms with Crippen molar-refractivity contribution < 1.29 is 5.11 Å². The lowest BCUT2D eigenvalue weighted by atomic mass is 10.0. The quantitative estimate of drug-likeness (QED) is 0.672. The first-order chi connectivity index (χ1) is 5.70. The van der Waals surface area contributed by atoms with Gasteiger partial charge in [-0.1, -0.05) is 6.07 Å². The van der Waals surface area contributed by atoms with Gasteiger partial charge in [-0.2, -0.15) is 0 Å². The van der Waals surface area contributed by atoms with Gasteiger partial charge in [0.15, 0.2) is 0 Å². The molecule has 3 N–H and O–H groups in total. The molecule has 0 aliphatic heterocycles. The van der Waals surface area contributed by atoms with Gasteiger partial charge in [-0.15, -0.1) is 12.4 Å².